The molecule has 7 nitrogen and oxygen atoms in total. The van der Waals surface area contributed by atoms with Crippen molar-refractivity contribution in [2.45, 2.75) is 26.7 Å². The van der Waals surface area contributed by atoms with Crippen LogP contribution in [-0.4, -0.2) is 22.6 Å². The van der Waals surface area contributed by atoms with Crippen LogP contribution in [0.4, 0.5) is 5.69 Å². The van der Waals surface area contributed by atoms with Crippen molar-refractivity contribution < 1.29 is 14.9 Å². The van der Waals surface area contributed by atoms with Crippen molar-refractivity contribution in [1.29, 1.82) is 0 Å². The van der Waals surface area contributed by atoms with Gasteiger partial charge in [0.25, 0.3) is 0 Å². The van der Waals surface area contributed by atoms with E-state index in [0.717, 1.165) is 0 Å². The van der Waals surface area contributed by atoms with Gasteiger partial charge in [0, 0.05) is 16.5 Å². The van der Waals surface area contributed by atoms with Crippen molar-refractivity contribution in [3.05, 3.63) is 33.3 Å². The van der Waals surface area contributed by atoms with Crippen molar-refractivity contribution >= 4 is 23.1 Å². The van der Waals surface area contributed by atoms with Gasteiger partial charge in [0.2, 0.25) is 0 Å². The highest BCUT2D eigenvalue weighted by atomic mass is 35.5. The summed E-state index contributed by atoms with van der Waals surface area (Å²) < 4.78 is 5.42. The molecule has 0 aliphatic heterocycles. The number of nitrogens with two attached hydrogens (primary N) is 1. The van der Waals surface area contributed by atoms with Gasteiger partial charge in [0.05, 0.1) is 11.5 Å². The molecule has 0 radical (unpaired) electrons. The second-order valence-corrected chi connectivity index (χ2v) is 5.63. The van der Waals surface area contributed by atoms with E-state index in [1.165, 1.54) is 18.2 Å². The van der Waals surface area contributed by atoms with Crippen LogP contribution < -0.4 is 10.5 Å². The first kappa shape index (κ1) is 17.0. The molecule has 0 aromatic heterocycles. The number of hydrogen-bond acceptors (Lipinski definition) is 5. The lowest BCUT2D eigenvalue weighted by molar-refractivity contribution is -0.385. The van der Waals surface area contributed by atoms with Crippen LogP contribution in [0.1, 0.15) is 26.7 Å². The molecular formula is C13H18ClN3O4. The third kappa shape index (κ3) is 4.78. The van der Waals surface area contributed by atoms with Crippen LogP contribution in [0.2, 0.25) is 5.02 Å². The van der Waals surface area contributed by atoms with E-state index in [1.807, 2.05) is 13.8 Å². The number of nitro groups is 1. The van der Waals surface area contributed by atoms with Gasteiger partial charge in [0.1, 0.15) is 5.84 Å². The number of nitro benzene ring substituents is 1. The third-order valence-electron chi connectivity index (χ3n) is 3.12. The third-order valence-corrected chi connectivity index (χ3v) is 3.36. The van der Waals surface area contributed by atoms with Gasteiger partial charge in [-0.05, 0) is 25.0 Å². The number of halogens is 1. The minimum atomic E-state index is -0.540. The molecule has 0 unspecified atom stereocenters. The fourth-order valence-corrected chi connectivity index (χ4v) is 1.88. The van der Waals surface area contributed by atoms with Crippen LogP contribution in [0.3, 0.4) is 0 Å². The maximum absolute atomic E-state index is 10.9. The Morgan fingerprint density at radius 1 is 1.57 bits per heavy atom. The summed E-state index contributed by atoms with van der Waals surface area (Å²) in [4.78, 5) is 10.4. The zero-order chi connectivity index (χ0) is 16.0. The van der Waals surface area contributed by atoms with Gasteiger partial charge in [-0.3, -0.25) is 10.1 Å². The van der Waals surface area contributed by atoms with Crippen LogP contribution >= 0.6 is 11.6 Å². The molecule has 0 amide bonds. The Kier molecular flexibility index (Phi) is 5.78. The first-order valence-electron chi connectivity index (χ1n) is 6.32. The molecule has 0 saturated carbocycles. The van der Waals surface area contributed by atoms with Gasteiger partial charge in [-0.15, -0.1) is 0 Å². The first-order chi connectivity index (χ1) is 9.77. The largest absolute Gasteiger partial charge is 0.487 e. The van der Waals surface area contributed by atoms with Crippen molar-refractivity contribution in [3.63, 3.8) is 0 Å². The summed E-state index contributed by atoms with van der Waals surface area (Å²) in [6, 6.07) is 4.25. The summed E-state index contributed by atoms with van der Waals surface area (Å²) in [5, 5.41) is 22.8. The Labute approximate surface area is 127 Å². The smallest absolute Gasteiger partial charge is 0.312 e. The van der Waals surface area contributed by atoms with Crippen molar-refractivity contribution in [2.75, 3.05) is 6.61 Å². The van der Waals surface area contributed by atoms with E-state index >= 15 is 0 Å². The van der Waals surface area contributed by atoms with E-state index in [2.05, 4.69) is 5.16 Å². The number of benzene rings is 1. The molecule has 1 aromatic rings. The van der Waals surface area contributed by atoms with Gasteiger partial charge in [-0.25, -0.2) is 0 Å². The fraction of sp³-hybridized carbons (Fsp3) is 0.462. The van der Waals surface area contributed by atoms with Crippen molar-refractivity contribution in [1.82, 2.24) is 0 Å². The highest BCUT2D eigenvalue weighted by Gasteiger charge is 2.23. The van der Waals surface area contributed by atoms with Crippen LogP contribution in [-0.2, 0) is 0 Å². The maximum Gasteiger partial charge on any atom is 0.312 e. The van der Waals surface area contributed by atoms with E-state index in [0.29, 0.717) is 12.8 Å². The minimum absolute atomic E-state index is 0.139. The molecule has 1 rings (SSSR count). The first-order valence-corrected chi connectivity index (χ1v) is 6.70. The number of oxime groups is 1. The molecule has 0 bridgehead atoms. The average molecular weight is 316 g/mol. The van der Waals surface area contributed by atoms with Crippen LogP contribution in [0.25, 0.3) is 0 Å². The van der Waals surface area contributed by atoms with Gasteiger partial charge >= 0.3 is 5.69 Å². The zero-order valence-corrected chi connectivity index (χ0v) is 12.6. The van der Waals surface area contributed by atoms with Gasteiger partial charge < -0.3 is 15.7 Å². The van der Waals surface area contributed by atoms with Gasteiger partial charge in [0.15, 0.2) is 5.75 Å². The molecule has 116 valence electrons. The normalized spacial score (nSPS) is 12.2. The molecule has 0 heterocycles. The van der Waals surface area contributed by atoms with Crippen LogP contribution in [0.15, 0.2) is 23.4 Å². The molecule has 1 aromatic carbocycles. The average Bonchev–Trinajstić information content (AvgIpc) is 2.43. The molecule has 0 saturated heterocycles. The quantitative estimate of drug-likeness (QED) is 0.200. The second kappa shape index (κ2) is 7.12. The van der Waals surface area contributed by atoms with Crippen molar-refractivity contribution in [3.8, 4) is 5.75 Å². The Balaban J connectivity index is 2.60. The highest BCUT2D eigenvalue weighted by molar-refractivity contribution is 6.30. The topological polar surface area (TPSA) is 111 Å². The predicted molar refractivity (Wildman–Crippen MR) is 80.0 cm³/mol. The lowest BCUT2D eigenvalue weighted by Crippen LogP contribution is -2.32. The Bertz CT molecular complexity index is 546. The molecule has 3 N–H and O–H groups in total. The van der Waals surface area contributed by atoms with Crippen LogP contribution in [0.5, 0.6) is 5.75 Å². The zero-order valence-electron chi connectivity index (χ0n) is 11.9. The predicted octanol–water partition coefficient (Wildman–Crippen LogP) is 3.18. The lowest BCUT2D eigenvalue weighted by Gasteiger charge is -2.22. The molecule has 0 aliphatic carbocycles. The van der Waals surface area contributed by atoms with Gasteiger partial charge in [-0.1, -0.05) is 30.6 Å². The number of amidine groups is 1. The van der Waals surface area contributed by atoms with E-state index in [-0.39, 0.29) is 28.9 Å². The summed E-state index contributed by atoms with van der Waals surface area (Å²) in [5.41, 5.74) is 4.94. The molecule has 8 heteroatoms. The Morgan fingerprint density at radius 3 is 2.81 bits per heavy atom. The molecule has 0 spiro atoms. The Hall–Kier alpha value is -2.02. The SMILES string of the molecule is CC(C)(CCCOc1ccc(Cl)cc1[N+](=O)[O-])C(N)=NO. The highest BCUT2D eigenvalue weighted by Crippen LogP contribution is 2.30. The summed E-state index contributed by atoms with van der Waals surface area (Å²) in [6.07, 6.45) is 1.22. The Morgan fingerprint density at radius 2 is 2.24 bits per heavy atom. The summed E-state index contributed by atoms with van der Waals surface area (Å²) in [6.45, 7) is 3.96. The standard InChI is InChI=1S/C13H18ClN3O4/c1-13(2,12(15)16-18)6-3-7-21-11-5-4-9(14)8-10(11)17(19)20/h4-5,8,18H,3,6-7H2,1-2H3,(H2,15,16). The summed E-state index contributed by atoms with van der Waals surface area (Å²) in [7, 11) is 0. The summed E-state index contributed by atoms with van der Waals surface area (Å²) >= 11 is 5.72. The van der Waals surface area contributed by atoms with E-state index in [1.54, 1.807) is 0 Å². The van der Waals surface area contributed by atoms with Gasteiger partial charge in [-0.2, -0.15) is 0 Å². The minimum Gasteiger partial charge on any atom is -0.487 e. The molecule has 0 fully saturated rings. The monoisotopic (exact) mass is 315 g/mol. The van der Waals surface area contributed by atoms with E-state index < -0.39 is 10.3 Å². The van der Waals surface area contributed by atoms with Crippen LogP contribution in [0, 0.1) is 15.5 Å². The number of ether oxygens (including phenoxy) is 1. The number of hydrogen-bond donors (Lipinski definition) is 2. The molecule has 21 heavy (non-hydrogen) atoms. The fourth-order valence-electron chi connectivity index (χ4n) is 1.71. The number of nitrogens with zero attached hydrogens (tertiary/aromatic N) is 2. The molecule has 0 atom stereocenters. The maximum atomic E-state index is 10.9. The van der Waals surface area contributed by atoms with E-state index in [4.69, 9.17) is 27.3 Å². The molecular weight excluding hydrogens is 298 g/mol. The second-order valence-electron chi connectivity index (χ2n) is 5.19. The lowest BCUT2D eigenvalue weighted by atomic mass is 9.87. The van der Waals surface area contributed by atoms with E-state index in [9.17, 15) is 10.1 Å². The number of rotatable bonds is 7. The van der Waals surface area contributed by atoms with Crippen molar-refractivity contribution in [2.24, 2.45) is 16.3 Å². The summed E-state index contributed by atoms with van der Waals surface area (Å²) in [5.74, 6) is 0.311. The molecule has 0 aliphatic rings.